The van der Waals surface area contributed by atoms with E-state index in [1.165, 1.54) is 13.8 Å². The van der Waals surface area contributed by atoms with Gasteiger partial charge in [-0.3, -0.25) is 19.3 Å². The number of nitrogens with zero attached hydrogens (tertiary/aromatic N) is 2. The van der Waals surface area contributed by atoms with E-state index in [2.05, 4.69) is 15.0 Å². The molecule has 180 valence electrons. The first-order valence-electron chi connectivity index (χ1n) is 10.1. The van der Waals surface area contributed by atoms with E-state index in [0.717, 1.165) is 4.57 Å². The lowest BCUT2D eigenvalue weighted by molar-refractivity contribution is -0.0677. The zero-order chi connectivity index (χ0) is 24.0. The zero-order valence-electron chi connectivity index (χ0n) is 17.8. The molecule has 8 N–H and O–H groups in total. The molecule has 3 rings (SSSR count). The van der Waals surface area contributed by atoms with E-state index in [1.807, 2.05) is 0 Å². The van der Waals surface area contributed by atoms with Gasteiger partial charge in [0.15, 0.2) is 23.2 Å². The normalized spacial score (nSPS) is 28.5. The van der Waals surface area contributed by atoms with Gasteiger partial charge < -0.3 is 35.2 Å². The molecule has 2 aromatic rings. The van der Waals surface area contributed by atoms with Crippen LogP contribution in [-0.4, -0.2) is 69.5 Å². The van der Waals surface area contributed by atoms with E-state index < -0.39 is 54.8 Å². The predicted molar refractivity (Wildman–Crippen MR) is 112 cm³/mol. The number of hydrogen-bond acceptors (Lipinski definition) is 10. The molecule has 15 heteroatoms. The van der Waals surface area contributed by atoms with Crippen molar-refractivity contribution in [2.75, 3.05) is 5.73 Å². The predicted octanol–water partition coefficient (Wildman–Crippen LogP) is -0.896. The molecule has 0 aliphatic carbocycles. The molecule has 0 saturated carbocycles. The SMILES string of the molecule is CCC(O)P(=O)(O)OC(C)(CC)C[C@H]1OC(n2c(=O)[nH]c3c(=O)[nH]c(N)nc32)[C@H](O)[C@@H]1O. The average molecular weight is 477 g/mol. The van der Waals surface area contributed by atoms with E-state index in [9.17, 15) is 34.4 Å². The van der Waals surface area contributed by atoms with Crippen LogP contribution >= 0.6 is 7.60 Å². The topological polar surface area (TPSA) is 226 Å². The van der Waals surface area contributed by atoms with Crippen molar-refractivity contribution in [3.05, 3.63) is 20.8 Å². The lowest BCUT2D eigenvalue weighted by Gasteiger charge is -2.34. The van der Waals surface area contributed by atoms with Gasteiger partial charge in [0, 0.05) is 6.42 Å². The zero-order valence-corrected chi connectivity index (χ0v) is 18.7. The number of nitrogens with two attached hydrogens (primary N) is 1. The Morgan fingerprint density at radius 2 is 1.97 bits per heavy atom. The number of aromatic nitrogens is 4. The number of H-pyrrole nitrogens is 2. The summed E-state index contributed by atoms with van der Waals surface area (Å²) in [5.74, 6) is -1.85. The second-order valence-electron chi connectivity index (χ2n) is 8.05. The van der Waals surface area contributed by atoms with Gasteiger partial charge in [0.25, 0.3) is 5.56 Å². The molecule has 0 amide bonds. The number of fused-ring (bicyclic) bond motifs is 1. The lowest BCUT2D eigenvalue weighted by Crippen LogP contribution is -2.39. The van der Waals surface area contributed by atoms with Gasteiger partial charge in [-0.2, -0.15) is 4.98 Å². The summed E-state index contributed by atoms with van der Waals surface area (Å²) in [5.41, 5.74) is 2.36. The summed E-state index contributed by atoms with van der Waals surface area (Å²) >= 11 is 0. The average Bonchev–Trinajstić information content (AvgIpc) is 3.17. The van der Waals surface area contributed by atoms with Crippen LogP contribution in [0.1, 0.15) is 46.3 Å². The third-order valence-electron chi connectivity index (χ3n) is 5.66. The number of imidazole rings is 1. The van der Waals surface area contributed by atoms with Crippen LogP contribution in [0.25, 0.3) is 11.2 Å². The van der Waals surface area contributed by atoms with Crippen molar-refractivity contribution in [3.8, 4) is 0 Å². The van der Waals surface area contributed by atoms with Crippen LogP contribution in [0.2, 0.25) is 0 Å². The molecule has 1 fully saturated rings. The summed E-state index contributed by atoms with van der Waals surface area (Å²) in [5, 5.41) is 30.9. The largest absolute Gasteiger partial charge is 0.388 e. The minimum absolute atomic E-state index is 0.00431. The maximum Gasteiger partial charge on any atom is 0.356 e. The van der Waals surface area contributed by atoms with Crippen LogP contribution in [0.5, 0.6) is 0 Å². The molecule has 2 aromatic heterocycles. The Kier molecular flexibility index (Phi) is 6.69. The Hall–Kier alpha value is -2.06. The molecule has 32 heavy (non-hydrogen) atoms. The van der Waals surface area contributed by atoms with Crippen molar-refractivity contribution in [2.24, 2.45) is 0 Å². The van der Waals surface area contributed by atoms with Crippen LogP contribution in [0.4, 0.5) is 5.95 Å². The molecule has 1 saturated heterocycles. The summed E-state index contributed by atoms with van der Waals surface area (Å²) in [6.45, 7) is 4.71. The number of nitrogen functional groups attached to an aromatic ring is 1. The molecule has 3 heterocycles. The van der Waals surface area contributed by atoms with Gasteiger partial charge in [-0.05, 0) is 19.8 Å². The van der Waals surface area contributed by atoms with Crippen LogP contribution in [0.3, 0.4) is 0 Å². The van der Waals surface area contributed by atoms with Gasteiger partial charge in [0.2, 0.25) is 5.95 Å². The molecule has 4 unspecified atom stereocenters. The van der Waals surface area contributed by atoms with Gasteiger partial charge in [-0.15, -0.1) is 0 Å². The molecule has 0 spiro atoms. The molecule has 1 aliphatic rings. The number of nitrogens with one attached hydrogen (secondary N) is 2. The molecule has 0 aromatic carbocycles. The molecule has 14 nitrogen and oxygen atoms in total. The van der Waals surface area contributed by atoms with E-state index in [1.54, 1.807) is 6.92 Å². The number of hydrogen-bond donors (Lipinski definition) is 7. The fraction of sp³-hybridized carbons (Fsp3) is 0.706. The van der Waals surface area contributed by atoms with Crippen LogP contribution in [0, 0.1) is 0 Å². The Morgan fingerprint density at radius 1 is 1.31 bits per heavy atom. The monoisotopic (exact) mass is 477 g/mol. The van der Waals surface area contributed by atoms with Crippen molar-refractivity contribution >= 4 is 24.7 Å². The molecular formula is C17H28N5O9P. The first-order valence-corrected chi connectivity index (χ1v) is 11.7. The Morgan fingerprint density at radius 3 is 2.56 bits per heavy atom. The number of anilines is 1. The van der Waals surface area contributed by atoms with Crippen molar-refractivity contribution in [1.82, 2.24) is 19.5 Å². The number of aliphatic hydroxyl groups excluding tert-OH is 3. The van der Waals surface area contributed by atoms with Crippen molar-refractivity contribution in [2.45, 2.75) is 76.0 Å². The summed E-state index contributed by atoms with van der Waals surface area (Å²) in [7, 11) is -4.39. The van der Waals surface area contributed by atoms with Crippen molar-refractivity contribution in [1.29, 1.82) is 0 Å². The Bertz CT molecular complexity index is 1150. The second-order valence-corrected chi connectivity index (χ2v) is 9.95. The second kappa shape index (κ2) is 8.71. The highest BCUT2D eigenvalue weighted by molar-refractivity contribution is 7.53. The smallest absolute Gasteiger partial charge is 0.356 e. The fourth-order valence-corrected chi connectivity index (χ4v) is 5.07. The van der Waals surface area contributed by atoms with Crippen LogP contribution in [0.15, 0.2) is 9.59 Å². The highest BCUT2D eigenvalue weighted by atomic mass is 31.2. The summed E-state index contributed by atoms with van der Waals surface area (Å²) < 4.78 is 24.3. The molecule has 0 radical (unpaired) electrons. The highest BCUT2D eigenvalue weighted by Gasteiger charge is 2.49. The third kappa shape index (κ3) is 4.39. The van der Waals surface area contributed by atoms with Gasteiger partial charge in [-0.25, -0.2) is 9.36 Å². The minimum atomic E-state index is -4.39. The van der Waals surface area contributed by atoms with Gasteiger partial charge >= 0.3 is 13.3 Å². The minimum Gasteiger partial charge on any atom is -0.388 e. The molecule has 7 atom stereocenters. The van der Waals surface area contributed by atoms with Gasteiger partial charge in [0.05, 0.1) is 11.7 Å². The molecule has 0 bridgehead atoms. The van der Waals surface area contributed by atoms with E-state index in [-0.39, 0.29) is 36.4 Å². The maximum atomic E-state index is 12.5. The standard InChI is InChI=1S/C17H28N5O9P/c1-4-8(23)32(28,29)31-17(3,5-2)6-7-10(24)11(25)14(30-7)22-12-9(19-16(22)27)13(26)21-15(18)20-12/h7-8,10-11,14,23-25H,4-6H2,1-3H3,(H,19,27)(H,28,29)(H3,18,20,21,26)/t7-,8?,10-,11-,14?,17?/m1/s1. The number of rotatable bonds is 8. The summed E-state index contributed by atoms with van der Waals surface area (Å²) in [6.07, 6.45) is -5.57. The third-order valence-corrected chi connectivity index (χ3v) is 7.48. The number of aromatic amines is 2. The van der Waals surface area contributed by atoms with Crippen molar-refractivity contribution < 1.29 is 34.0 Å². The maximum absolute atomic E-state index is 12.5. The van der Waals surface area contributed by atoms with E-state index in [4.69, 9.17) is 15.0 Å². The lowest BCUT2D eigenvalue weighted by atomic mass is 9.93. The fourth-order valence-electron chi connectivity index (χ4n) is 3.65. The first-order chi connectivity index (χ1) is 14.8. The van der Waals surface area contributed by atoms with Crippen LogP contribution < -0.4 is 17.0 Å². The summed E-state index contributed by atoms with van der Waals surface area (Å²) in [6, 6.07) is 0. The van der Waals surface area contributed by atoms with E-state index in [0.29, 0.717) is 0 Å². The highest BCUT2D eigenvalue weighted by Crippen LogP contribution is 2.53. The number of ether oxygens (including phenoxy) is 1. The van der Waals surface area contributed by atoms with E-state index >= 15 is 0 Å². The van der Waals surface area contributed by atoms with Crippen molar-refractivity contribution in [3.63, 3.8) is 0 Å². The Balaban J connectivity index is 1.91. The molecular weight excluding hydrogens is 449 g/mol. The quantitative estimate of drug-likeness (QED) is 0.231. The Labute approximate surface area is 181 Å². The number of aliphatic hydroxyl groups is 3. The van der Waals surface area contributed by atoms with Crippen LogP contribution in [-0.2, 0) is 13.8 Å². The summed E-state index contributed by atoms with van der Waals surface area (Å²) in [4.78, 5) is 43.0. The van der Waals surface area contributed by atoms with Gasteiger partial charge in [-0.1, -0.05) is 13.8 Å². The molecule has 1 aliphatic heterocycles. The first kappa shape index (κ1) is 24.6. The van der Waals surface area contributed by atoms with Gasteiger partial charge in [0.1, 0.15) is 12.2 Å².